The average Bonchev–Trinajstić information content (AvgIpc) is 3.24. The van der Waals surface area contributed by atoms with Crippen molar-refractivity contribution >= 4 is 17.7 Å². The summed E-state index contributed by atoms with van der Waals surface area (Å²) < 4.78 is 0. The van der Waals surface area contributed by atoms with Gasteiger partial charge in [-0.1, -0.05) is 12.1 Å². The van der Waals surface area contributed by atoms with Crippen LogP contribution in [0.15, 0.2) is 18.2 Å². The molecule has 4 fully saturated rings. The summed E-state index contributed by atoms with van der Waals surface area (Å²) >= 11 is 0. The van der Waals surface area contributed by atoms with E-state index in [1.54, 1.807) is 4.90 Å². The standard InChI is InChI=1S/C20H24N4O3/c21-11-20-6-13(7-20)9-23(20)8-12-1-2-15-14(5-12)10-24(19(15)27)16-3-4-17(25)22-18(16)26/h1-2,5,13,16H,3-4,6-11,21H2,(H,22,25,26). The molecule has 27 heavy (non-hydrogen) atoms. The Bertz CT molecular complexity index is 846. The van der Waals surface area contributed by atoms with Crippen LogP contribution in [0.5, 0.6) is 0 Å². The maximum absolute atomic E-state index is 12.8. The minimum atomic E-state index is -0.558. The minimum absolute atomic E-state index is 0.118. The van der Waals surface area contributed by atoms with Gasteiger partial charge in [0.05, 0.1) is 0 Å². The number of rotatable bonds is 4. The number of nitrogens with zero attached hydrogens (tertiary/aromatic N) is 2. The van der Waals surface area contributed by atoms with E-state index >= 15 is 0 Å². The van der Waals surface area contributed by atoms with Gasteiger partial charge in [-0.05, 0) is 42.4 Å². The zero-order chi connectivity index (χ0) is 18.8. The molecule has 3 N–H and O–H groups in total. The normalized spacial score (nSPS) is 32.5. The summed E-state index contributed by atoms with van der Waals surface area (Å²) in [7, 11) is 0. The molecular formula is C20H24N4O3. The second-order valence-electron chi connectivity index (χ2n) is 8.47. The first-order valence-electron chi connectivity index (χ1n) is 9.71. The number of carbonyl (C=O) groups excluding carboxylic acids is 3. The van der Waals surface area contributed by atoms with Crippen molar-refractivity contribution in [1.29, 1.82) is 0 Å². The Balaban J connectivity index is 1.33. The van der Waals surface area contributed by atoms with Gasteiger partial charge in [0, 0.05) is 43.7 Å². The molecule has 5 aliphatic rings. The van der Waals surface area contributed by atoms with Crippen LogP contribution < -0.4 is 11.1 Å². The number of imide groups is 1. The van der Waals surface area contributed by atoms with E-state index in [0.717, 1.165) is 24.6 Å². The van der Waals surface area contributed by atoms with Crippen molar-refractivity contribution in [1.82, 2.24) is 15.1 Å². The van der Waals surface area contributed by atoms with Crippen molar-refractivity contribution in [2.45, 2.75) is 50.4 Å². The molecule has 7 heteroatoms. The summed E-state index contributed by atoms with van der Waals surface area (Å²) in [5.74, 6) is 0.0374. The quantitative estimate of drug-likeness (QED) is 0.749. The lowest BCUT2D eigenvalue weighted by Crippen LogP contribution is -2.52. The van der Waals surface area contributed by atoms with Crippen molar-refractivity contribution in [3.8, 4) is 0 Å². The van der Waals surface area contributed by atoms with Crippen LogP contribution in [0, 0.1) is 5.92 Å². The third-order valence-electron chi connectivity index (χ3n) is 6.83. The minimum Gasteiger partial charge on any atom is -0.329 e. The Hall–Kier alpha value is -2.25. The van der Waals surface area contributed by atoms with E-state index in [4.69, 9.17) is 5.73 Å². The molecule has 2 bridgehead atoms. The van der Waals surface area contributed by atoms with Crippen molar-refractivity contribution in [3.63, 3.8) is 0 Å². The highest BCUT2D eigenvalue weighted by Gasteiger charge is 2.54. The number of hydrogen-bond donors (Lipinski definition) is 2. The first-order valence-corrected chi connectivity index (χ1v) is 9.71. The van der Waals surface area contributed by atoms with Crippen LogP contribution in [0.25, 0.3) is 0 Å². The van der Waals surface area contributed by atoms with Crippen LogP contribution in [0.4, 0.5) is 0 Å². The molecule has 1 aliphatic carbocycles. The predicted molar refractivity (Wildman–Crippen MR) is 97.4 cm³/mol. The van der Waals surface area contributed by atoms with E-state index in [1.807, 2.05) is 12.1 Å². The van der Waals surface area contributed by atoms with Gasteiger partial charge < -0.3 is 10.6 Å². The Morgan fingerprint density at radius 1 is 1.22 bits per heavy atom. The molecule has 7 nitrogen and oxygen atoms in total. The fraction of sp³-hybridized carbons (Fsp3) is 0.550. The Kier molecular flexibility index (Phi) is 3.67. The van der Waals surface area contributed by atoms with Crippen molar-refractivity contribution in [3.05, 3.63) is 34.9 Å². The average molecular weight is 368 g/mol. The highest BCUT2D eigenvalue weighted by molar-refractivity contribution is 6.05. The molecule has 142 valence electrons. The van der Waals surface area contributed by atoms with E-state index in [2.05, 4.69) is 16.3 Å². The van der Waals surface area contributed by atoms with Gasteiger partial charge in [0.1, 0.15) is 6.04 Å². The van der Waals surface area contributed by atoms with Crippen LogP contribution in [0.1, 0.15) is 47.2 Å². The third kappa shape index (κ3) is 2.52. The maximum Gasteiger partial charge on any atom is 0.255 e. The molecule has 4 aliphatic heterocycles. The van der Waals surface area contributed by atoms with Gasteiger partial charge in [0.25, 0.3) is 5.91 Å². The first-order chi connectivity index (χ1) is 13.0. The van der Waals surface area contributed by atoms with Crippen LogP contribution in [0.3, 0.4) is 0 Å². The van der Waals surface area contributed by atoms with Crippen molar-refractivity contribution < 1.29 is 14.4 Å². The van der Waals surface area contributed by atoms with Gasteiger partial charge in [0.15, 0.2) is 0 Å². The van der Waals surface area contributed by atoms with Gasteiger partial charge in [-0.3, -0.25) is 24.6 Å². The number of nitrogens with one attached hydrogen (secondary N) is 1. The Labute approximate surface area is 157 Å². The smallest absolute Gasteiger partial charge is 0.255 e. The molecule has 1 atom stereocenters. The lowest BCUT2D eigenvalue weighted by atomic mass is 9.73. The van der Waals surface area contributed by atoms with E-state index in [-0.39, 0.29) is 29.7 Å². The van der Waals surface area contributed by atoms with Crippen LogP contribution in [0.2, 0.25) is 0 Å². The Morgan fingerprint density at radius 3 is 2.78 bits per heavy atom. The van der Waals surface area contributed by atoms with E-state index in [9.17, 15) is 14.4 Å². The van der Waals surface area contributed by atoms with E-state index in [1.165, 1.54) is 18.4 Å². The molecule has 6 rings (SSSR count). The molecule has 4 heterocycles. The molecule has 3 amide bonds. The number of amides is 3. The zero-order valence-electron chi connectivity index (χ0n) is 15.2. The number of fused-ring (bicyclic) bond motifs is 2. The van der Waals surface area contributed by atoms with Gasteiger partial charge in [0.2, 0.25) is 11.8 Å². The monoisotopic (exact) mass is 368 g/mol. The summed E-state index contributed by atoms with van der Waals surface area (Å²) in [6.45, 7) is 3.10. The molecule has 0 aromatic heterocycles. The summed E-state index contributed by atoms with van der Waals surface area (Å²) in [6, 6.07) is 5.44. The maximum atomic E-state index is 12.8. The van der Waals surface area contributed by atoms with Gasteiger partial charge in [-0.15, -0.1) is 0 Å². The number of carbonyl (C=O) groups is 3. The molecular weight excluding hydrogens is 344 g/mol. The highest BCUT2D eigenvalue weighted by atomic mass is 16.2. The first kappa shape index (κ1) is 16.9. The third-order valence-corrected chi connectivity index (χ3v) is 6.83. The number of benzene rings is 1. The molecule has 1 aromatic rings. The summed E-state index contributed by atoms with van der Waals surface area (Å²) in [5.41, 5.74) is 9.03. The Morgan fingerprint density at radius 2 is 2.04 bits per heavy atom. The second kappa shape index (κ2) is 5.87. The molecule has 0 radical (unpaired) electrons. The topological polar surface area (TPSA) is 95.7 Å². The summed E-state index contributed by atoms with van der Waals surface area (Å²) in [5, 5.41) is 2.34. The van der Waals surface area contributed by atoms with E-state index < -0.39 is 6.04 Å². The van der Waals surface area contributed by atoms with Crippen molar-refractivity contribution in [2.75, 3.05) is 13.1 Å². The molecule has 3 saturated heterocycles. The lowest BCUT2D eigenvalue weighted by molar-refractivity contribution is -0.136. The number of nitrogens with two attached hydrogens (primary N) is 1. The SMILES string of the molecule is NCC12CC(CN1Cc1ccc3c(c1)CN(C1CCC(=O)NC1=O)C3=O)C2. The number of hydrogen-bond acceptors (Lipinski definition) is 5. The molecule has 1 saturated carbocycles. The summed E-state index contributed by atoms with van der Waals surface area (Å²) in [4.78, 5) is 40.4. The second-order valence-corrected chi connectivity index (χ2v) is 8.47. The van der Waals surface area contributed by atoms with Gasteiger partial charge in [-0.2, -0.15) is 0 Å². The van der Waals surface area contributed by atoms with Crippen LogP contribution in [-0.2, 0) is 22.7 Å². The largest absolute Gasteiger partial charge is 0.329 e. The predicted octanol–water partition coefficient (Wildman–Crippen LogP) is 0.371. The number of piperidine rings is 1. The molecule has 1 aromatic carbocycles. The lowest BCUT2D eigenvalue weighted by Gasteiger charge is -2.41. The van der Waals surface area contributed by atoms with Crippen LogP contribution >= 0.6 is 0 Å². The van der Waals surface area contributed by atoms with E-state index in [0.29, 0.717) is 25.1 Å². The highest BCUT2D eigenvalue weighted by Crippen LogP contribution is 2.50. The molecule has 0 spiro atoms. The fourth-order valence-electron chi connectivity index (χ4n) is 5.38. The summed E-state index contributed by atoms with van der Waals surface area (Å²) in [6.07, 6.45) is 3.08. The van der Waals surface area contributed by atoms with Crippen LogP contribution in [-0.4, -0.2) is 52.2 Å². The fourth-order valence-corrected chi connectivity index (χ4v) is 5.38. The zero-order valence-corrected chi connectivity index (χ0v) is 15.2. The van der Waals surface area contributed by atoms with Gasteiger partial charge in [-0.25, -0.2) is 0 Å². The molecule has 1 unspecified atom stereocenters. The van der Waals surface area contributed by atoms with Crippen molar-refractivity contribution in [2.24, 2.45) is 11.7 Å². The van der Waals surface area contributed by atoms with Gasteiger partial charge >= 0.3 is 0 Å².